The number of halogens is 1. The lowest BCUT2D eigenvalue weighted by molar-refractivity contribution is 0.577. The van der Waals surface area contributed by atoms with E-state index in [2.05, 4.69) is 25.5 Å². The molecular formula is C12H15FN6OS. The van der Waals surface area contributed by atoms with Gasteiger partial charge in [-0.2, -0.15) is 0 Å². The molecule has 0 atom stereocenters. The highest BCUT2D eigenvalue weighted by Crippen LogP contribution is 2.37. The number of aromatic nitrogens is 5. The minimum Gasteiger partial charge on any atom is -0.354 e. The van der Waals surface area contributed by atoms with Gasteiger partial charge in [0.25, 0.3) is 0 Å². The van der Waals surface area contributed by atoms with Gasteiger partial charge in [-0.25, -0.2) is 24.3 Å². The van der Waals surface area contributed by atoms with Crippen molar-refractivity contribution in [3.05, 3.63) is 22.5 Å². The summed E-state index contributed by atoms with van der Waals surface area (Å²) in [6, 6.07) is 0.168. The maximum Gasteiger partial charge on any atom is 0.344 e. The molecule has 1 aliphatic carbocycles. The minimum absolute atomic E-state index is 0.157. The summed E-state index contributed by atoms with van der Waals surface area (Å²) < 4.78 is 15.4. The molecule has 0 bridgehead atoms. The van der Waals surface area contributed by atoms with Gasteiger partial charge in [0.2, 0.25) is 5.95 Å². The number of hydrogen-bond donors (Lipinski definition) is 2. The van der Waals surface area contributed by atoms with Crippen LogP contribution in [0.4, 0.5) is 10.3 Å². The Hall–Kier alpha value is -1.90. The van der Waals surface area contributed by atoms with E-state index in [0.29, 0.717) is 17.6 Å². The van der Waals surface area contributed by atoms with Crippen molar-refractivity contribution in [3.63, 3.8) is 0 Å². The van der Waals surface area contributed by atoms with Crippen molar-refractivity contribution < 1.29 is 4.39 Å². The molecule has 112 valence electrons. The molecule has 21 heavy (non-hydrogen) atoms. The summed E-state index contributed by atoms with van der Waals surface area (Å²) in [6.07, 6.45) is 3.94. The molecule has 0 aromatic carbocycles. The van der Waals surface area contributed by atoms with Crippen LogP contribution in [0.1, 0.15) is 32.2 Å². The van der Waals surface area contributed by atoms with Crippen LogP contribution >= 0.6 is 11.8 Å². The molecule has 1 fully saturated rings. The van der Waals surface area contributed by atoms with Crippen LogP contribution in [0.5, 0.6) is 0 Å². The molecule has 1 saturated carbocycles. The van der Waals surface area contributed by atoms with Crippen LogP contribution in [0.3, 0.4) is 0 Å². The Morgan fingerprint density at radius 3 is 3.10 bits per heavy atom. The molecule has 0 aliphatic heterocycles. The van der Waals surface area contributed by atoms with Gasteiger partial charge in [-0.1, -0.05) is 6.92 Å². The summed E-state index contributed by atoms with van der Waals surface area (Å²) in [4.78, 5) is 19.7. The van der Waals surface area contributed by atoms with Crippen molar-refractivity contribution in [2.75, 3.05) is 11.9 Å². The summed E-state index contributed by atoms with van der Waals surface area (Å²) in [6.45, 7) is 2.73. The third-order valence-corrected chi connectivity index (χ3v) is 3.97. The van der Waals surface area contributed by atoms with Crippen LogP contribution in [-0.4, -0.2) is 31.3 Å². The van der Waals surface area contributed by atoms with Crippen LogP contribution < -0.4 is 11.0 Å². The smallest absolute Gasteiger partial charge is 0.344 e. The van der Waals surface area contributed by atoms with Crippen LogP contribution in [0.2, 0.25) is 0 Å². The summed E-state index contributed by atoms with van der Waals surface area (Å²) >= 11 is 1.03. The summed E-state index contributed by atoms with van der Waals surface area (Å²) in [5.41, 5.74) is -0.265. The fraction of sp³-hybridized carbons (Fsp3) is 0.500. The lowest BCUT2D eigenvalue weighted by atomic mass is 10.5. The lowest BCUT2D eigenvalue weighted by Gasteiger charge is -2.06. The third-order valence-electron chi connectivity index (χ3n) is 3.02. The predicted octanol–water partition coefficient (Wildman–Crippen LogP) is 1.81. The zero-order valence-corrected chi connectivity index (χ0v) is 12.3. The topological polar surface area (TPSA) is 88.5 Å². The van der Waals surface area contributed by atoms with Gasteiger partial charge in [-0.05, 0) is 31.0 Å². The number of aromatic amines is 1. The number of hydrogen-bond acceptors (Lipinski definition) is 6. The molecule has 0 amide bonds. The molecule has 7 nitrogen and oxygen atoms in total. The van der Waals surface area contributed by atoms with Crippen molar-refractivity contribution >= 4 is 17.7 Å². The fourth-order valence-corrected chi connectivity index (χ4v) is 2.73. The number of anilines is 1. The molecule has 2 N–H and O–H groups in total. The molecule has 0 saturated heterocycles. The number of H-pyrrole nitrogens is 1. The van der Waals surface area contributed by atoms with Crippen molar-refractivity contribution in [3.8, 4) is 0 Å². The second kappa shape index (κ2) is 5.84. The first-order valence-corrected chi connectivity index (χ1v) is 7.62. The highest BCUT2D eigenvalue weighted by molar-refractivity contribution is 7.99. The van der Waals surface area contributed by atoms with Crippen LogP contribution in [-0.2, 0) is 0 Å². The Labute approximate surface area is 124 Å². The lowest BCUT2D eigenvalue weighted by Crippen LogP contribution is -2.16. The average Bonchev–Trinajstić information content (AvgIpc) is 3.24. The molecule has 2 aromatic rings. The Balaban J connectivity index is 1.85. The van der Waals surface area contributed by atoms with E-state index in [1.165, 1.54) is 0 Å². The van der Waals surface area contributed by atoms with Crippen molar-refractivity contribution in [2.24, 2.45) is 0 Å². The number of nitrogens with one attached hydrogen (secondary N) is 2. The Morgan fingerprint density at radius 2 is 2.38 bits per heavy atom. The zero-order chi connectivity index (χ0) is 14.8. The van der Waals surface area contributed by atoms with Gasteiger partial charge in [0.1, 0.15) is 5.03 Å². The van der Waals surface area contributed by atoms with Gasteiger partial charge >= 0.3 is 5.69 Å². The average molecular weight is 310 g/mol. The first-order chi connectivity index (χ1) is 10.2. The van der Waals surface area contributed by atoms with E-state index in [-0.39, 0.29) is 16.8 Å². The maximum atomic E-state index is 13.8. The summed E-state index contributed by atoms with van der Waals surface area (Å²) in [5.74, 6) is -0.156. The van der Waals surface area contributed by atoms with Crippen LogP contribution in [0, 0.1) is 5.82 Å². The second-order valence-electron chi connectivity index (χ2n) is 4.79. The zero-order valence-electron chi connectivity index (χ0n) is 11.5. The maximum absolute atomic E-state index is 13.8. The van der Waals surface area contributed by atoms with Gasteiger partial charge in [0.05, 0.1) is 6.20 Å². The standard InChI is InChI=1S/C12H15FN6OS/c1-2-5-14-10-15-6-8(13)9(16-10)21-12-18-17-11(20)19(12)7-3-4-7/h6-7H,2-5H2,1H3,(H,17,20)(H,14,15,16). The fourth-order valence-electron chi connectivity index (χ4n) is 1.85. The van der Waals surface area contributed by atoms with Crippen LogP contribution in [0.25, 0.3) is 0 Å². The van der Waals surface area contributed by atoms with E-state index >= 15 is 0 Å². The molecule has 1 aliphatic rings. The van der Waals surface area contributed by atoms with Gasteiger partial charge in [-0.3, -0.25) is 4.57 Å². The first-order valence-electron chi connectivity index (χ1n) is 6.80. The van der Waals surface area contributed by atoms with Crippen molar-refractivity contribution in [1.82, 2.24) is 24.7 Å². The molecule has 2 heterocycles. The van der Waals surface area contributed by atoms with E-state index in [0.717, 1.165) is 37.2 Å². The summed E-state index contributed by atoms with van der Waals surface area (Å²) in [5, 5.41) is 9.94. The number of nitrogens with zero attached hydrogens (tertiary/aromatic N) is 4. The van der Waals surface area contributed by atoms with E-state index < -0.39 is 5.82 Å². The predicted molar refractivity (Wildman–Crippen MR) is 76.0 cm³/mol. The normalized spacial score (nSPS) is 14.4. The van der Waals surface area contributed by atoms with Crippen LogP contribution in [0.15, 0.2) is 21.2 Å². The monoisotopic (exact) mass is 310 g/mol. The van der Waals surface area contributed by atoms with Gasteiger partial charge < -0.3 is 5.32 Å². The van der Waals surface area contributed by atoms with Gasteiger partial charge in [0, 0.05) is 12.6 Å². The Kier molecular flexibility index (Phi) is 3.91. The highest BCUT2D eigenvalue weighted by atomic mass is 32.2. The van der Waals surface area contributed by atoms with Crippen molar-refractivity contribution in [2.45, 2.75) is 42.4 Å². The van der Waals surface area contributed by atoms with Crippen molar-refractivity contribution in [1.29, 1.82) is 0 Å². The SMILES string of the molecule is CCCNc1ncc(F)c(Sc2n[nH]c(=O)n2C2CC2)n1. The molecule has 0 radical (unpaired) electrons. The number of rotatable bonds is 6. The largest absolute Gasteiger partial charge is 0.354 e. The minimum atomic E-state index is -0.528. The molecule has 9 heteroatoms. The molecular weight excluding hydrogens is 295 g/mol. The quantitative estimate of drug-likeness (QED) is 0.791. The van der Waals surface area contributed by atoms with E-state index in [1.807, 2.05) is 6.92 Å². The van der Waals surface area contributed by atoms with Gasteiger partial charge in [0.15, 0.2) is 11.0 Å². The molecule has 2 aromatic heterocycles. The molecule has 0 unspecified atom stereocenters. The van der Waals surface area contributed by atoms with E-state index in [1.54, 1.807) is 4.57 Å². The van der Waals surface area contributed by atoms with Gasteiger partial charge in [-0.15, -0.1) is 5.10 Å². The highest BCUT2D eigenvalue weighted by Gasteiger charge is 2.29. The van der Waals surface area contributed by atoms with E-state index in [9.17, 15) is 9.18 Å². The Bertz CT molecular complexity index is 695. The summed E-state index contributed by atoms with van der Waals surface area (Å²) in [7, 11) is 0. The molecule has 3 rings (SSSR count). The Morgan fingerprint density at radius 1 is 1.57 bits per heavy atom. The first kappa shape index (κ1) is 14.1. The van der Waals surface area contributed by atoms with E-state index in [4.69, 9.17) is 0 Å². The molecule has 0 spiro atoms. The third kappa shape index (κ3) is 3.07. The second-order valence-corrected chi connectivity index (χ2v) is 5.74.